The van der Waals surface area contributed by atoms with Crippen LogP contribution in [0.2, 0.25) is 0 Å². The molecule has 2 aliphatic heterocycles. The van der Waals surface area contributed by atoms with Crippen LogP contribution >= 0.6 is 0 Å². The number of benzene rings is 2. The summed E-state index contributed by atoms with van der Waals surface area (Å²) in [7, 11) is 0. The van der Waals surface area contributed by atoms with Crippen LogP contribution in [0.25, 0.3) is 0 Å². The smallest absolute Gasteiger partial charge is 0.242 e. The molecule has 2 aromatic rings. The summed E-state index contributed by atoms with van der Waals surface area (Å²) in [6, 6.07) is 14.4. The molecule has 0 N–H and O–H groups in total. The van der Waals surface area contributed by atoms with Gasteiger partial charge in [-0.15, -0.1) is 0 Å². The molecule has 0 radical (unpaired) electrons. The van der Waals surface area contributed by atoms with Crippen molar-refractivity contribution < 1.29 is 14.0 Å². The molecule has 2 amide bonds. The van der Waals surface area contributed by atoms with Gasteiger partial charge in [0.25, 0.3) is 0 Å². The van der Waals surface area contributed by atoms with E-state index in [2.05, 4.69) is 23.1 Å². The number of halogens is 1. The number of hydrogen-bond donors (Lipinski definition) is 0. The number of carbonyl (C=O) groups is 2. The highest BCUT2D eigenvalue weighted by molar-refractivity contribution is 5.88. The second-order valence-corrected chi connectivity index (χ2v) is 7.87. The summed E-state index contributed by atoms with van der Waals surface area (Å²) in [4.78, 5) is 31.2. The van der Waals surface area contributed by atoms with Gasteiger partial charge in [0.2, 0.25) is 11.8 Å². The highest BCUT2D eigenvalue weighted by atomic mass is 19.1. The van der Waals surface area contributed by atoms with Gasteiger partial charge >= 0.3 is 0 Å². The summed E-state index contributed by atoms with van der Waals surface area (Å²) in [6.45, 7) is 4.97. The fourth-order valence-electron chi connectivity index (χ4n) is 4.19. The first-order valence-corrected chi connectivity index (χ1v) is 10.1. The zero-order valence-corrected chi connectivity index (χ0v) is 16.7. The van der Waals surface area contributed by atoms with Crippen molar-refractivity contribution >= 4 is 11.8 Å². The number of hydrogen-bond acceptors (Lipinski definition) is 3. The molecule has 1 atom stereocenters. The van der Waals surface area contributed by atoms with Crippen molar-refractivity contribution in [2.75, 3.05) is 26.2 Å². The summed E-state index contributed by atoms with van der Waals surface area (Å²) in [5, 5.41) is 0. The molecule has 152 valence electrons. The lowest BCUT2D eigenvalue weighted by Crippen LogP contribution is -2.56. The van der Waals surface area contributed by atoms with E-state index in [1.807, 2.05) is 19.1 Å². The summed E-state index contributed by atoms with van der Waals surface area (Å²) < 4.78 is 13.4. The minimum absolute atomic E-state index is 0.00290. The highest BCUT2D eigenvalue weighted by Gasteiger charge is 2.33. The summed E-state index contributed by atoms with van der Waals surface area (Å²) in [5.41, 5.74) is 3.39. The molecule has 29 heavy (non-hydrogen) atoms. The van der Waals surface area contributed by atoms with Crippen LogP contribution in [0.1, 0.15) is 23.6 Å². The Morgan fingerprint density at radius 3 is 2.59 bits per heavy atom. The molecule has 0 saturated carbocycles. The normalized spacial score (nSPS) is 18.5. The Morgan fingerprint density at radius 2 is 1.83 bits per heavy atom. The van der Waals surface area contributed by atoms with Crippen LogP contribution < -0.4 is 0 Å². The van der Waals surface area contributed by atoms with Gasteiger partial charge in [-0.2, -0.15) is 0 Å². The Labute approximate surface area is 170 Å². The average Bonchev–Trinajstić information content (AvgIpc) is 2.74. The maximum absolute atomic E-state index is 13.4. The molecule has 5 nitrogen and oxygen atoms in total. The van der Waals surface area contributed by atoms with E-state index in [9.17, 15) is 14.0 Å². The van der Waals surface area contributed by atoms with E-state index >= 15 is 0 Å². The Bertz CT molecular complexity index is 917. The van der Waals surface area contributed by atoms with Gasteiger partial charge in [-0.25, -0.2) is 4.39 Å². The number of nitrogens with zero attached hydrogens (tertiary/aromatic N) is 3. The molecule has 0 unspecified atom stereocenters. The molecule has 0 bridgehead atoms. The first-order valence-electron chi connectivity index (χ1n) is 10.1. The van der Waals surface area contributed by atoms with E-state index in [0.717, 1.165) is 25.1 Å². The third-order valence-electron chi connectivity index (χ3n) is 5.96. The number of piperazine rings is 1. The monoisotopic (exact) mass is 395 g/mol. The molecule has 0 aromatic heterocycles. The van der Waals surface area contributed by atoms with Gasteiger partial charge in [0, 0.05) is 32.7 Å². The summed E-state index contributed by atoms with van der Waals surface area (Å²) in [6.07, 6.45) is 0.939. The standard InChI is InChI=1S/C23H26FN3O2/c1-17(25-10-9-19-6-2-3-7-20(19)15-25)23(29)27-12-11-26(22(28)16-27)14-18-5-4-8-21(24)13-18/h2-8,13,17H,9-12,14-16H2,1H3/t17-/m0/s1. The second-order valence-electron chi connectivity index (χ2n) is 7.87. The fourth-order valence-corrected chi connectivity index (χ4v) is 4.19. The fraction of sp³-hybridized carbons (Fsp3) is 0.391. The minimum atomic E-state index is -0.305. The van der Waals surface area contributed by atoms with E-state index in [4.69, 9.17) is 0 Å². The lowest BCUT2D eigenvalue weighted by Gasteiger charge is -2.39. The molecular weight excluding hydrogens is 369 g/mol. The largest absolute Gasteiger partial charge is 0.335 e. The van der Waals surface area contributed by atoms with Crippen molar-refractivity contribution in [3.63, 3.8) is 0 Å². The molecule has 0 aliphatic carbocycles. The zero-order valence-electron chi connectivity index (χ0n) is 16.7. The van der Waals surface area contributed by atoms with Crippen LogP contribution in [0.5, 0.6) is 0 Å². The van der Waals surface area contributed by atoms with Gasteiger partial charge in [-0.1, -0.05) is 36.4 Å². The molecular formula is C23H26FN3O2. The third-order valence-corrected chi connectivity index (χ3v) is 5.96. The van der Waals surface area contributed by atoms with Crippen LogP contribution in [0.15, 0.2) is 48.5 Å². The lowest BCUT2D eigenvalue weighted by atomic mass is 9.98. The maximum atomic E-state index is 13.4. The zero-order chi connectivity index (χ0) is 20.4. The number of rotatable bonds is 4. The maximum Gasteiger partial charge on any atom is 0.242 e. The first-order chi connectivity index (χ1) is 14.0. The predicted octanol–water partition coefficient (Wildman–Crippen LogP) is 2.44. The SMILES string of the molecule is C[C@@H](C(=O)N1CCN(Cc2cccc(F)c2)C(=O)C1)N1CCc2ccccc2C1. The van der Waals surface area contributed by atoms with Crippen molar-refractivity contribution in [3.05, 3.63) is 71.0 Å². The highest BCUT2D eigenvalue weighted by Crippen LogP contribution is 2.21. The van der Waals surface area contributed by atoms with Gasteiger partial charge in [-0.05, 0) is 42.2 Å². The van der Waals surface area contributed by atoms with Crippen LogP contribution in [0.3, 0.4) is 0 Å². The molecule has 6 heteroatoms. The average molecular weight is 395 g/mol. The molecule has 2 heterocycles. The van der Waals surface area contributed by atoms with Crippen molar-refractivity contribution in [1.82, 2.24) is 14.7 Å². The van der Waals surface area contributed by atoms with Crippen molar-refractivity contribution in [1.29, 1.82) is 0 Å². The van der Waals surface area contributed by atoms with Crippen LogP contribution in [0.4, 0.5) is 4.39 Å². The van der Waals surface area contributed by atoms with E-state index < -0.39 is 0 Å². The van der Waals surface area contributed by atoms with E-state index in [-0.39, 0.29) is 30.2 Å². The van der Waals surface area contributed by atoms with Crippen LogP contribution in [-0.2, 0) is 29.1 Å². The number of amides is 2. The molecule has 0 spiro atoms. The van der Waals surface area contributed by atoms with Gasteiger partial charge in [0.1, 0.15) is 5.82 Å². The molecule has 2 aromatic carbocycles. The second kappa shape index (κ2) is 8.33. The first kappa shape index (κ1) is 19.6. The lowest BCUT2D eigenvalue weighted by molar-refractivity contribution is -0.148. The number of carbonyl (C=O) groups excluding carboxylic acids is 2. The van der Waals surface area contributed by atoms with Gasteiger partial charge in [0.15, 0.2) is 0 Å². The number of fused-ring (bicyclic) bond motifs is 1. The third kappa shape index (κ3) is 4.32. The minimum Gasteiger partial charge on any atom is -0.335 e. The van der Waals surface area contributed by atoms with Crippen molar-refractivity contribution in [2.24, 2.45) is 0 Å². The molecule has 4 rings (SSSR count). The van der Waals surface area contributed by atoms with E-state index in [1.54, 1.807) is 15.9 Å². The summed E-state index contributed by atoms with van der Waals surface area (Å²) >= 11 is 0. The van der Waals surface area contributed by atoms with Crippen LogP contribution in [0, 0.1) is 5.82 Å². The summed E-state index contributed by atoms with van der Waals surface area (Å²) in [5.74, 6) is -0.395. The van der Waals surface area contributed by atoms with Gasteiger partial charge in [-0.3, -0.25) is 14.5 Å². The van der Waals surface area contributed by atoms with E-state index in [0.29, 0.717) is 19.6 Å². The Balaban J connectivity index is 1.35. The van der Waals surface area contributed by atoms with E-state index in [1.165, 1.54) is 23.3 Å². The molecule has 1 saturated heterocycles. The topological polar surface area (TPSA) is 43.9 Å². The molecule has 2 aliphatic rings. The van der Waals surface area contributed by atoms with Crippen molar-refractivity contribution in [3.8, 4) is 0 Å². The predicted molar refractivity (Wildman–Crippen MR) is 108 cm³/mol. The Kier molecular flexibility index (Phi) is 5.62. The van der Waals surface area contributed by atoms with Gasteiger partial charge < -0.3 is 9.80 Å². The van der Waals surface area contributed by atoms with Gasteiger partial charge in [0.05, 0.1) is 12.6 Å². The van der Waals surface area contributed by atoms with Crippen molar-refractivity contribution in [2.45, 2.75) is 32.5 Å². The van der Waals surface area contributed by atoms with Crippen LogP contribution in [-0.4, -0.2) is 58.7 Å². The Hall–Kier alpha value is -2.73. The molecule has 1 fully saturated rings. The Morgan fingerprint density at radius 1 is 1.03 bits per heavy atom. The quantitative estimate of drug-likeness (QED) is 0.799.